The molecule has 9 heteroatoms. The van der Waals surface area contributed by atoms with Gasteiger partial charge in [-0.1, -0.05) is 6.07 Å². The van der Waals surface area contributed by atoms with Gasteiger partial charge in [0, 0.05) is 11.4 Å². The number of benzene rings is 2. The third kappa shape index (κ3) is 4.76. The Hall–Kier alpha value is -3.62. The maximum Gasteiger partial charge on any atom is 0.416 e. The zero-order chi connectivity index (χ0) is 20.1. The van der Waals surface area contributed by atoms with Crippen molar-refractivity contribution >= 4 is 23.1 Å². The van der Waals surface area contributed by atoms with Crippen LogP contribution in [0.1, 0.15) is 16.1 Å². The van der Waals surface area contributed by atoms with Crippen molar-refractivity contribution in [3.05, 3.63) is 71.9 Å². The molecule has 2 N–H and O–H groups in total. The topological polar surface area (TPSA) is 76.1 Å². The van der Waals surface area contributed by atoms with Crippen molar-refractivity contribution in [2.75, 3.05) is 17.7 Å². The van der Waals surface area contributed by atoms with Gasteiger partial charge in [0.1, 0.15) is 5.75 Å². The van der Waals surface area contributed by atoms with Gasteiger partial charge in [0.15, 0.2) is 11.5 Å². The molecule has 0 unspecified atom stereocenters. The summed E-state index contributed by atoms with van der Waals surface area (Å²) in [6, 6.07) is 14.3. The van der Waals surface area contributed by atoms with Gasteiger partial charge in [-0.2, -0.15) is 13.2 Å². The number of carbonyl (C=O) groups excluding carboxylic acids is 1. The fourth-order valence-electron chi connectivity index (χ4n) is 2.31. The molecule has 3 rings (SSSR count). The number of nitrogens with one attached hydrogen (secondary N) is 2. The van der Waals surface area contributed by atoms with Gasteiger partial charge in [-0.15, -0.1) is 10.2 Å². The van der Waals surface area contributed by atoms with Crippen LogP contribution in [0.4, 0.5) is 30.4 Å². The molecule has 0 aliphatic carbocycles. The second kappa shape index (κ2) is 7.95. The molecule has 0 spiro atoms. The summed E-state index contributed by atoms with van der Waals surface area (Å²) in [5, 5.41) is 13.0. The Labute approximate surface area is 158 Å². The lowest BCUT2D eigenvalue weighted by Crippen LogP contribution is -2.14. The van der Waals surface area contributed by atoms with Gasteiger partial charge in [-0.05, 0) is 54.6 Å². The number of nitrogens with zero attached hydrogens (tertiary/aromatic N) is 2. The SMILES string of the molecule is COc1ccc(NC(=O)c2ccc(Nc3cccc(C(F)(F)F)c3)nn2)cc1. The lowest BCUT2D eigenvalue weighted by molar-refractivity contribution is -0.137. The van der Waals surface area contributed by atoms with Crippen LogP contribution in [0.25, 0.3) is 0 Å². The molecular formula is C19H15F3N4O2. The molecule has 6 nitrogen and oxygen atoms in total. The maximum absolute atomic E-state index is 12.8. The highest BCUT2D eigenvalue weighted by Gasteiger charge is 2.30. The average molecular weight is 388 g/mol. The van der Waals surface area contributed by atoms with E-state index < -0.39 is 17.6 Å². The van der Waals surface area contributed by atoms with E-state index in [1.165, 1.54) is 31.4 Å². The van der Waals surface area contributed by atoms with Crippen molar-refractivity contribution in [2.24, 2.45) is 0 Å². The molecule has 2 aromatic carbocycles. The molecule has 0 saturated heterocycles. The van der Waals surface area contributed by atoms with Crippen LogP contribution in [0.15, 0.2) is 60.7 Å². The molecule has 0 fully saturated rings. The summed E-state index contributed by atoms with van der Waals surface area (Å²) >= 11 is 0. The Morgan fingerprint density at radius 1 is 0.964 bits per heavy atom. The lowest BCUT2D eigenvalue weighted by atomic mass is 10.2. The Balaban J connectivity index is 1.66. The second-order valence-electron chi connectivity index (χ2n) is 5.69. The molecule has 0 saturated carbocycles. The fraction of sp³-hybridized carbons (Fsp3) is 0.105. The number of hydrogen-bond acceptors (Lipinski definition) is 5. The van der Waals surface area contributed by atoms with Crippen molar-refractivity contribution in [1.29, 1.82) is 0 Å². The molecule has 1 heterocycles. The van der Waals surface area contributed by atoms with Crippen molar-refractivity contribution in [2.45, 2.75) is 6.18 Å². The van der Waals surface area contributed by atoms with Gasteiger partial charge in [-0.25, -0.2) is 0 Å². The number of methoxy groups -OCH3 is 1. The number of amides is 1. The minimum absolute atomic E-state index is 0.0606. The summed E-state index contributed by atoms with van der Waals surface area (Å²) in [5.74, 6) is 0.395. The van der Waals surface area contributed by atoms with Crippen LogP contribution < -0.4 is 15.4 Å². The van der Waals surface area contributed by atoms with Crippen molar-refractivity contribution in [1.82, 2.24) is 10.2 Å². The standard InChI is InChI=1S/C19H15F3N4O2/c1-28-15-7-5-13(6-8-15)24-18(27)16-9-10-17(26-25-16)23-14-4-2-3-12(11-14)19(20,21)22/h2-11H,1H3,(H,23,26)(H,24,27). The summed E-state index contributed by atoms with van der Waals surface area (Å²) < 4.78 is 43.3. The monoisotopic (exact) mass is 388 g/mol. The first-order valence-corrected chi connectivity index (χ1v) is 8.08. The molecule has 0 aliphatic rings. The normalized spacial score (nSPS) is 11.0. The van der Waals surface area contributed by atoms with Crippen LogP contribution in [0.5, 0.6) is 5.75 Å². The number of rotatable bonds is 5. The number of halogens is 3. The zero-order valence-corrected chi connectivity index (χ0v) is 14.6. The van der Waals surface area contributed by atoms with Gasteiger partial charge in [0.2, 0.25) is 0 Å². The van der Waals surface area contributed by atoms with Crippen molar-refractivity contribution in [3.63, 3.8) is 0 Å². The average Bonchev–Trinajstić information content (AvgIpc) is 2.69. The number of anilines is 3. The van der Waals surface area contributed by atoms with Gasteiger partial charge >= 0.3 is 6.18 Å². The molecule has 0 atom stereocenters. The molecule has 28 heavy (non-hydrogen) atoms. The van der Waals surface area contributed by atoms with E-state index in [1.807, 2.05) is 0 Å². The van der Waals surface area contributed by atoms with Gasteiger partial charge in [0.05, 0.1) is 12.7 Å². The summed E-state index contributed by atoms with van der Waals surface area (Å²) in [6.45, 7) is 0. The summed E-state index contributed by atoms with van der Waals surface area (Å²) in [6.07, 6.45) is -4.44. The Morgan fingerprint density at radius 3 is 2.32 bits per heavy atom. The fourth-order valence-corrected chi connectivity index (χ4v) is 2.31. The summed E-state index contributed by atoms with van der Waals surface area (Å²) in [5.41, 5.74) is 0.0460. The molecule has 1 amide bonds. The predicted octanol–water partition coefficient (Wildman–Crippen LogP) is 4.50. The van der Waals surface area contributed by atoms with Crippen LogP contribution in [0.2, 0.25) is 0 Å². The van der Waals surface area contributed by atoms with E-state index in [4.69, 9.17) is 4.74 Å². The van der Waals surface area contributed by atoms with Gasteiger partial charge < -0.3 is 15.4 Å². The Kier molecular flexibility index (Phi) is 5.44. The zero-order valence-electron chi connectivity index (χ0n) is 14.6. The molecular weight excluding hydrogens is 373 g/mol. The van der Waals surface area contributed by atoms with Crippen LogP contribution in [-0.2, 0) is 6.18 Å². The number of carbonyl (C=O) groups is 1. The van der Waals surface area contributed by atoms with Crippen molar-refractivity contribution in [3.8, 4) is 5.75 Å². The maximum atomic E-state index is 12.8. The number of alkyl halides is 3. The lowest BCUT2D eigenvalue weighted by Gasteiger charge is -2.10. The second-order valence-corrected chi connectivity index (χ2v) is 5.69. The summed E-state index contributed by atoms with van der Waals surface area (Å²) in [4.78, 5) is 12.2. The van der Waals surface area contributed by atoms with Gasteiger partial charge in [0.25, 0.3) is 5.91 Å². The summed E-state index contributed by atoms with van der Waals surface area (Å²) in [7, 11) is 1.54. The van der Waals surface area contributed by atoms with E-state index in [0.29, 0.717) is 11.4 Å². The van der Waals surface area contributed by atoms with E-state index in [2.05, 4.69) is 20.8 Å². The van der Waals surface area contributed by atoms with E-state index in [-0.39, 0.29) is 17.2 Å². The van der Waals surface area contributed by atoms with E-state index in [0.717, 1.165) is 12.1 Å². The quantitative estimate of drug-likeness (QED) is 0.673. The first kappa shape index (κ1) is 19.2. The first-order chi connectivity index (χ1) is 13.3. The van der Waals surface area contributed by atoms with Crippen LogP contribution in [-0.4, -0.2) is 23.2 Å². The number of hydrogen-bond donors (Lipinski definition) is 2. The van der Waals surface area contributed by atoms with E-state index in [9.17, 15) is 18.0 Å². The van der Waals surface area contributed by atoms with Crippen LogP contribution in [0.3, 0.4) is 0 Å². The number of ether oxygens (including phenoxy) is 1. The first-order valence-electron chi connectivity index (χ1n) is 8.08. The van der Waals surface area contributed by atoms with Crippen LogP contribution >= 0.6 is 0 Å². The third-order valence-corrected chi connectivity index (χ3v) is 3.71. The Bertz CT molecular complexity index is 958. The number of aromatic nitrogens is 2. The highest BCUT2D eigenvalue weighted by molar-refractivity contribution is 6.02. The molecule has 144 valence electrons. The molecule has 0 bridgehead atoms. The molecule has 0 radical (unpaired) electrons. The third-order valence-electron chi connectivity index (χ3n) is 3.71. The minimum atomic E-state index is -4.44. The highest BCUT2D eigenvalue weighted by atomic mass is 19.4. The smallest absolute Gasteiger partial charge is 0.416 e. The largest absolute Gasteiger partial charge is 0.497 e. The highest BCUT2D eigenvalue weighted by Crippen LogP contribution is 2.31. The van der Waals surface area contributed by atoms with E-state index >= 15 is 0 Å². The van der Waals surface area contributed by atoms with E-state index in [1.54, 1.807) is 24.3 Å². The molecule has 3 aromatic rings. The molecule has 0 aliphatic heterocycles. The minimum Gasteiger partial charge on any atom is -0.497 e. The molecule has 1 aromatic heterocycles. The van der Waals surface area contributed by atoms with Crippen LogP contribution in [0, 0.1) is 0 Å². The Morgan fingerprint density at radius 2 is 1.71 bits per heavy atom. The van der Waals surface area contributed by atoms with Crippen molar-refractivity contribution < 1.29 is 22.7 Å². The predicted molar refractivity (Wildman–Crippen MR) is 97.7 cm³/mol. The van der Waals surface area contributed by atoms with Gasteiger partial charge in [-0.3, -0.25) is 4.79 Å².